The highest BCUT2D eigenvalue weighted by molar-refractivity contribution is 5.70. The van der Waals surface area contributed by atoms with Gasteiger partial charge < -0.3 is 14.6 Å². The van der Waals surface area contributed by atoms with Gasteiger partial charge in [0.1, 0.15) is 11.5 Å². The molecule has 0 fully saturated rings. The quantitative estimate of drug-likeness (QED) is 0.331. The van der Waals surface area contributed by atoms with Crippen LogP contribution in [-0.2, 0) is 23.8 Å². The van der Waals surface area contributed by atoms with Gasteiger partial charge in [0.15, 0.2) is 0 Å². The minimum absolute atomic E-state index is 0.0764. The minimum Gasteiger partial charge on any atom is -0.493 e. The van der Waals surface area contributed by atoms with Crippen molar-refractivity contribution in [1.29, 1.82) is 0 Å². The van der Waals surface area contributed by atoms with Crippen molar-refractivity contribution in [3.63, 3.8) is 0 Å². The summed E-state index contributed by atoms with van der Waals surface area (Å²) in [7, 11) is 0. The van der Waals surface area contributed by atoms with Crippen LogP contribution in [0.4, 0.5) is 13.2 Å². The van der Waals surface area contributed by atoms with Crippen LogP contribution < -0.4 is 9.47 Å². The number of pyridine rings is 1. The molecule has 3 aromatic rings. The Morgan fingerprint density at radius 2 is 1.91 bits per heavy atom. The van der Waals surface area contributed by atoms with Gasteiger partial charge in [-0.15, -0.1) is 0 Å². The summed E-state index contributed by atoms with van der Waals surface area (Å²) >= 11 is 0. The molecule has 3 rings (SSSR count). The molecule has 186 valence electrons. The molecular weight excluding hydrogens is 459 g/mol. The van der Waals surface area contributed by atoms with Gasteiger partial charge in [0.05, 0.1) is 18.3 Å². The first-order valence-electron chi connectivity index (χ1n) is 11.4. The number of benzene rings is 2. The lowest BCUT2D eigenvalue weighted by Gasteiger charge is -2.19. The first-order valence-corrected chi connectivity index (χ1v) is 11.4. The highest BCUT2D eigenvalue weighted by Gasteiger charge is 2.31. The van der Waals surface area contributed by atoms with Crippen LogP contribution in [-0.4, -0.2) is 28.8 Å². The molecule has 0 bridgehead atoms. The van der Waals surface area contributed by atoms with E-state index in [1.165, 1.54) is 12.3 Å². The molecule has 1 heterocycles. The van der Waals surface area contributed by atoms with Crippen molar-refractivity contribution < 1.29 is 32.5 Å². The van der Waals surface area contributed by atoms with Gasteiger partial charge in [0.25, 0.3) is 0 Å². The first kappa shape index (κ1) is 26.1. The number of alkyl halides is 3. The fraction of sp³-hybridized carbons (Fsp3) is 0.333. The smallest absolute Gasteiger partial charge is 0.416 e. The number of aliphatic carboxylic acids is 1. The fourth-order valence-corrected chi connectivity index (χ4v) is 3.68. The molecule has 1 atom stereocenters. The molecule has 2 aromatic carbocycles. The van der Waals surface area contributed by atoms with Crippen LogP contribution in [0.25, 0.3) is 11.1 Å². The van der Waals surface area contributed by atoms with Crippen LogP contribution in [0, 0.1) is 0 Å². The van der Waals surface area contributed by atoms with Gasteiger partial charge in [-0.1, -0.05) is 19.1 Å². The minimum atomic E-state index is -4.46. The Morgan fingerprint density at radius 3 is 2.57 bits per heavy atom. The summed E-state index contributed by atoms with van der Waals surface area (Å²) in [6, 6.07) is 12.4. The normalized spacial score (nSPS) is 12.3. The average molecular weight is 488 g/mol. The largest absolute Gasteiger partial charge is 0.493 e. The van der Waals surface area contributed by atoms with E-state index in [0.29, 0.717) is 42.1 Å². The molecular formula is C27H28F3NO4. The molecule has 0 spiro atoms. The molecule has 1 aromatic heterocycles. The van der Waals surface area contributed by atoms with Crippen LogP contribution in [0.3, 0.4) is 0 Å². The first-order chi connectivity index (χ1) is 16.7. The van der Waals surface area contributed by atoms with Crippen LogP contribution in [0.1, 0.15) is 43.4 Å². The Kier molecular flexibility index (Phi) is 8.73. The predicted octanol–water partition coefficient (Wildman–Crippen LogP) is 6.58. The number of carboxylic acid groups (broad SMARTS) is 1. The standard InChI is InChI=1S/C27H28F3NO4/c1-3-19-15-23(9-6-20(19)7-11-26(32)33)34-14-12-18(2)35-25-10-8-22(27(28,29)30)16-24(25)21-5-4-13-31-17-21/h4-6,8-10,13,15-18H,3,7,11-12,14H2,1-2H3,(H,32,33). The van der Waals surface area contributed by atoms with E-state index in [4.69, 9.17) is 14.6 Å². The van der Waals surface area contributed by atoms with E-state index < -0.39 is 17.7 Å². The third kappa shape index (κ3) is 7.47. The number of halogens is 3. The van der Waals surface area contributed by atoms with Gasteiger partial charge in [0, 0.05) is 36.4 Å². The Balaban J connectivity index is 1.65. The maximum Gasteiger partial charge on any atom is 0.416 e. The molecule has 0 saturated heterocycles. The van der Waals surface area contributed by atoms with Crippen molar-refractivity contribution in [2.45, 2.75) is 51.8 Å². The lowest BCUT2D eigenvalue weighted by Crippen LogP contribution is -2.16. The number of nitrogens with zero attached hydrogens (tertiary/aromatic N) is 1. The van der Waals surface area contributed by atoms with Gasteiger partial charge >= 0.3 is 12.1 Å². The monoisotopic (exact) mass is 487 g/mol. The molecule has 0 aliphatic rings. The number of carbonyl (C=O) groups is 1. The average Bonchev–Trinajstić information content (AvgIpc) is 2.83. The summed E-state index contributed by atoms with van der Waals surface area (Å²) in [6.07, 6.45) is 0.0925. The van der Waals surface area contributed by atoms with Crippen molar-refractivity contribution in [3.05, 3.63) is 77.6 Å². The molecule has 0 radical (unpaired) electrons. The number of aromatic nitrogens is 1. The van der Waals surface area contributed by atoms with E-state index in [1.807, 2.05) is 32.0 Å². The SMILES string of the molecule is CCc1cc(OCCC(C)Oc2ccc(C(F)(F)F)cc2-c2cccnc2)ccc1CCC(=O)O. The van der Waals surface area contributed by atoms with Crippen molar-refractivity contribution in [2.75, 3.05) is 6.61 Å². The summed E-state index contributed by atoms with van der Waals surface area (Å²) in [6.45, 7) is 4.19. The van der Waals surface area contributed by atoms with E-state index >= 15 is 0 Å². The number of hydrogen-bond donors (Lipinski definition) is 1. The Labute approximate surface area is 202 Å². The lowest BCUT2D eigenvalue weighted by molar-refractivity contribution is -0.138. The lowest BCUT2D eigenvalue weighted by atomic mass is 10.0. The second-order valence-corrected chi connectivity index (χ2v) is 8.19. The van der Waals surface area contributed by atoms with Gasteiger partial charge in [-0.2, -0.15) is 13.2 Å². The molecule has 8 heteroatoms. The topological polar surface area (TPSA) is 68.7 Å². The van der Waals surface area contributed by atoms with Gasteiger partial charge in [-0.25, -0.2) is 0 Å². The van der Waals surface area contributed by atoms with E-state index in [0.717, 1.165) is 29.7 Å². The summed E-state index contributed by atoms with van der Waals surface area (Å²) in [5.41, 5.74) is 2.14. The molecule has 5 nitrogen and oxygen atoms in total. The zero-order valence-electron chi connectivity index (χ0n) is 19.6. The van der Waals surface area contributed by atoms with E-state index in [-0.39, 0.29) is 12.5 Å². The third-order valence-electron chi connectivity index (χ3n) is 5.57. The summed E-state index contributed by atoms with van der Waals surface area (Å²) < 4.78 is 51.6. The predicted molar refractivity (Wildman–Crippen MR) is 127 cm³/mol. The molecule has 0 saturated carbocycles. The maximum absolute atomic E-state index is 13.3. The Hall–Kier alpha value is -3.55. The number of carboxylic acids is 1. The molecule has 1 N–H and O–H groups in total. The second-order valence-electron chi connectivity index (χ2n) is 8.19. The van der Waals surface area contributed by atoms with Gasteiger partial charge in [0.2, 0.25) is 0 Å². The van der Waals surface area contributed by atoms with Gasteiger partial charge in [-0.3, -0.25) is 9.78 Å². The highest BCUT2D eigenvalue weighted by atomic mass is 19.4. The van der Waals surface area contributed by atoms with Crippen molar-refractivity contribution >= 4 is 5.97 Å². The number of rotatable bonds is 11. The van der Waals surface area contributed by atoms with Crippen LogP contribution in [0.15, 0.2) is 60.9 Å². The fourth-order valence-electron chi connectivity index (χ4n) is 3.68. The molecule has 35 heavy (non-hydrogen) atoms. The second kappa shape index (κ2) is 11.7. The molecule has 0 aliphatic heterocycles. The third-order valence-corrected chi connectivity index (χ3v) is 5.57. The van der Waals surface area contributed by atoms with Crippen molar-refractivity contribution in [2.24, 2.45) is 0 Å². The summed E-state index contributed by atoms with van der Waals surface area (Å²) in [4.78, 5) is 14.9. The number of hydrogen-bond acceptors (Lipinski definition) is 4. The molecule has 0 amide bonds. The van der Waals surface area contributed by atoms with E-state index in [2.05, 4.69) is 4.98 Å². The van der Waals surface area contributed by atoms with Crippen molar-refractivity contribution in [3.8, 4) is 22.6 Å². The maximum atomic E-state index is 13.3. The number of ether oxygens (including phenoxy) is 2. The van der Waals surface area contributed by atoms with E-state index in [1.54, 1.807) is 18.3 Å². The molecule has 0 aliphatic carbocycles. The Bertz CT molecular complexity index is 1130. The zero-order valence-corrected chi connectivity index (χ0v) is 19.6. The molecule has 1 unspecified atom stereocenters. The van der Waals surface area contributed by atoms with Crippen LogP contribution >= 0.6 is 0 Å². The number of aryl methyl sites for hydroxylation is 2. The van der Waals surface area contributed by atoms with Crippen LogP contribution in [0.5, 0.6) is 11.5 Å². The van der Waals surface area contributed by atoms with Crippen LogP contribution in [0.2, 0.25) is 0 Å². The van der Waals surface area contributed by atoms with E-state index in [9.17, 15) is 18.0 Å². The zero-order chi connectivity index (χ0) is 25.4. The summed E-state index contributed by atoms with van der Waals surface area (Å²) in [5.74, 6) is 0.189. The Morgan fingerprint density at radius 1 is 1.11 bits per heavy atom. The van der Waals surface area contributed by atoms with Crippen molar-refractivity contribution in [1.82, 2.24) is 4.98 Å². The summed E-state index contributed by atoms with van der Waals surface area (Å²) in [5, 5.41) is 8.91. The van der Waals surface area contributed by atoms with Gasteiger partial charge in [-0.05, 0) is 67.3 Å². The highest BCUT2D eigenvalue weighted by Crippen LogP contribution is 2.37.